The van der Waals surface area contributed by atoms with Crippen LogP contribution >= 0.6 is 0 Å². The minimum Gasteiger partial charge on any atom is -0.376 e. The van der Waals surface area contributed by atoms with Gasteiger partial charge < -0.3 is 16.0 Å². The maximum absolute atomic E-state index is 12.1. The van der Waals surface area contributed by atoms with Crippen molar-refractivity contribution in [3.8, 4) is 0 Å². The second kappa shape index (κ2) is 19.4. The highest BCUT2D eigenvalue weighted by molar-refractivity contribution is 5.92. The zero-order chi connectivity index (χ0) is 24.2. The second-order valence-electron chi connectivity index (χ2n) is 9.52. The molecule has 0 aromatic heterocycles. The Morgan fingerprint density at radius 2 is 1.27 bits per heavy atom. The molecule has 2 amide bonds. The van der Waals surface area contributed by atoms with E-state index in [0.717, 1.165) is 24.3 Å². The van der Waals surface area contributed by atoms with Crippen LogP contribution in [0.25, 0.3) is 0 Å². The number of hydrogen-bond donors (Lipinski definition) is 3. The third-order valence-electron chi connectivity index (χ3n) is 5.96. The Morgan fingerprint density at radius 3 is 1.82 bits per heavy atom. The van der Waals surface area contributed by atoms with Crippen molar-refractivity contribution in [1.82, 2.24) is 5.32 Å². The molecule has 0 aliphatic rings. The van der Waals surface area contributed by atoms with Gasteiger partial charge in [-0.25, -0.2) is 0 Å². The Balaban J connectivity index is 1.96. The van der Waals surface area contributed by atoms with Crippen molar-refractivity contribution >= 4 is 23.2 Å². The highest BCUT2D eigenvalue weighted by Crippen LogP contribution is 2.16. The smallest absolute Gasteiger partial charge is 0.239 e. The van der Waals surface area contributed by atoms with Gasteiger partial charge in [0.1, 0.15) is 0 Å². The normalized spacial score (nSPS) is 10.9. The summed E-state index contributed by atoms with van der Waals surface area (Å²) >= 11 is 0. The van der Waals surface area contributed by atoms with Gasteiger partial charge >= 0.3 is 0 Å². The lowest BCUT2D eigenvalue weighted by Gasteiger charge is -2.11. The molecule has 33 heavy (non-hydrogen) atoms. The summed E-state index contributed by atoms with van der Waals surface area (Å²) in [5.74, 6) is -0.0818. The molecule has 5 heteroatoms. The van der Waals surface area contributed by atoms with Crippen molar-refractivity contribution in [2.45, 2.75) is 111 Å². The molecule has 1 aromatic carbocycles. The van der Waals surface area contributed by atoms with Gasteiger partial charge in [0, 0.05) is 23.8 Å². The number of anilines is 2. The highest BCUT2D eigenvalue weighted by Gasteiger charge is 2.07. The predicted octanol–water partition coefficient (Wildman–Crippen LogP) is 7.29. The molecule has 0 saturated carbocycles. The molecule has 5 nitrogen and oxygen atoms in total. The zero-order valence-electron chi connectivity index (χ0n) is 21.5. The molecule has 0 saturated heterocycles. The van der Waals surface area contributed by atoms with Gasteiger partial charge in [-0.1, -0.05) is 110 Å². The summed E-state index contributed by atoms with van der Waals surface area (Å²) in [5, 5.41) is 8.99. The Bertz CT molecular complexity index is 646. The first-order valence-electron chi connectivity index (χ1n) is 13.4. The van der Waals surface area contributed by atoms with E-state index in [1.54, 1.807) is 0 Å². The van der Waals surface area contributed by atoms with Gasteiger partial charge in [-0.3, -0.25) is 9.59 Å². The zero-order valence-corrected chi connectivity index (χ0v) is 21.5. The molecule has 1 rings (SSSR count). The van der Waals surface area contributed by atoms with Gasteiger partial charge in [0.05, 0.1) is 6.54 Å². The molecule has 0 radical (unpaired) electrons. The van der Waals surface area contributed by atoms with E-state index in [-0.39, 0.29) is 24.3 Å². The molecular formula is C28H49N3O2. The van der Waals surface area contributed by atoms with Gasteiger partial charge in [0.25, 0.3) is 0 Å². The molecule has 1 aromatic rings. The van der Waals surface area contributed by atoms with E-state index in [1.807, 2.05) is 38.1 Å². The number of carbonyl (C=O) groups is 2. The molecule has 0 atom stereocenters. The summed E-state index contributed by atoms with van der Waals surface area (Å²) in [6.07, 6.45) is 18.7. The van der Waals surface area contributed by atoms with Crippen LogP contribution in [0.5, 0.6) is 0 Å². The van der Waals surface area contributed by atoms with E-state index < -0.39 is 0 Å². The average Bonchev–Trinajstić information content (AvgIpc) is 2.80. The van der Waals surface area contributed by atoms with E-state index in [0.29, 0.717) is 0 Å². The van der Waals surface area contributed by atoms with Crippen molar-refractivity contribution in [3.63, 3.8) is 0 Å². The van der Waals surface area contributed by atoms with Crippen LogP contribution in [-0.4, -0.2) is 24.9 Å². The van der Waals surface area contributed by atoms with Crippen LogP contribution in [0.2, 0.25) is 0 Å². The number of carbonyl (C=O) groups excluding carboxylic acids is 2. The average molecular weight is 460 g/mol. The molecule has 0 aliphatic carbocycles. The number of unbranched alkanes of at least 4 members (excludes halogenated alkanes) is 13. The van der Waals surface area contributed by atoms with Gasteiger partial charge in [-0.05, 0) is 24.6 Å². The SMILES string of the molecule is CCCCCCCCCCCCCCCCNC(=O)CNc1cccc(NC(=O)C(C)C)c1. The first-order chi connectivity index (χ1) is 16.0. The van der Waals surface area contributed by atoms with Crippen LogP contribution < -0.4 is 16.0 Å². The molecule has 0 spiro atoms. The lowest BCUT2D eigenvalue weighted by atomic mass is 10.0. The van der Waals surface area contributed by atoms with Crippen LogP contribution in [0.1, 0.15) is 111 Å². The first-order valence-corrected chi connectivity index (χ1v) is 13.4. The standard InChI is InChI=1S/C28H49N3O2/c1-4-5-6-7-8-9-10-11-12-13-14-15-16-17-21-29-27(32)23-30-25-19-18-20-26(22-25)31-28(33)24(2)3/h18-20,22,24,30H,4-17,21,23H2,1-3H3,(H,29,32)(H,31,33). The van der Waals surface area contributed by atoms with Crippen LogP contribution in [0, 0.1) is 5.92 Å². The number of rotatable bonds is 20. The lowest BCUT2D eigenvalue weighted by Crippen LogP contribution is -2.30. The topological polar surface area (TPSA) is 70.2 Å². The second-order valence-corrected chi connectivity index (χ2v) is 9.52. The van der Waals surface area contributed by atoms with Crippen molar-refractivity contribution < 1.29 is 9.59 Å². The molecular weight excluding hydrogens is 410 g/mol. The van der Waals surface area contributed by atoms with Gasteiger partial charge in [0.15, 0.2) is 0 Å². The van der Waals surface area contributed by atoms with Gasteiger partial charge in [-0.15, -0.1) is 0 Å². The molecule has 0 heterocycles. The highest BCUT2D eigenvalue weighted by atomic mass is 16.2. The van der Waals surface area contributed by atoms with Crippen molar-refractivity contribution in [1.29, 1.82) is 0 Å². The number of nitrogens with one attached hydrogen (secondary N) is 3. The fourth-order valence-electron chi connectivity index (χ4n) is 3.79. The van der Waals surface area contributed by atoms with E-state index in [2.05, 4.69) is 22.9 Å². The number of hydrogen-bond acceptors (Lipinski definition) is 3. The van der Waals surface area contributed by atoms with E-state index in [4.69, 9.17) is 0 Å². The fourth-order valence-corrected chi connectivity index (χ4v) is 3.79. The molecule has 0 bridgehead atoms. The van der Waals surface area contributed by atoms with E-state index >= 15 is 0 Å². The molecule has 3 N–H and O–H groups in total. The quantitative estimate of drug-likeness (QED) is 0.179. The number of amides is 2. The van der Waals surface area contributed by atoms with Crippen molar-refractivity contribution in [2.75, 3.05) is 23.7 Å². The van der Waals surface area contributed by atoms with Crippen LogP contribution in [-0.2, 0) is 9.59 Å². The van der Waals surface area contributed by atoms with E-state index in [9.17, 15) is 9.59 Å². The predicted molar refractivity (Wildman–Crippen MR) is 142 cm³/mol. The summed E-state index contributed by atoms with van der Waals surface area (Å²) in [5.41, 5.74) is 1.56. The summed E-state index contributed by atoms with van der Waals surface area (Å²) in [4.78, 5) is 23.9. The largest absolute Gasteiger partial charge is 0.376 e. The maximum Gasteiger partial charge on any atom is 0.239 e. The summed E-state index contributed by atoms with van der Waals surface area (Å²) in [7, 11) is 0. The Kier molecular flexibility index (Phi) is 17.1. The third kappa shape index (κ3) is 16.3. The monoisotopic (exact) mass is 459 g/mol. The molecule has 188 valence electrons. The number of benzene rings is 1. The van der Waals surface area contributed by atoms with Crippen LogP contribution in [0.15, 0.2) is 24.3 Å². The van der Waals surface area contributed by atoms with Crippen LogP contribution in [0.4, 0.5) is 11.4 Å². The van der Waals surface area contributed by atoms with Crippen molar-refractivity contribution in [3.05, 3.63) is 24.3 Å². The van der Waals surface area contributed by atoms with Crippen LogP contribution in [0.3, 0.4) is 0 Å². The van der Waals surface area contributed by atoms with Gasteiger partial charge in [-0.2, -0.15) is 0 Å². The first kappa shape index (κ1) is 29.0. The molecule has 0 aliphatic heterocycles. The van der Waals surface area contributed by atoms with E-state index in [1.165, 1.54) is 83.5 Å². The Morgan fingerprint density at radius 1 is 0.758 bits per heavy atom. The molecule has 0 fully saturated rings. The summed E-state index contributed by atoms with van der Waals surface area (Å²) < 4.78 is 0. The summed E-state index contributed by atoms with van der Waals surface area (Å²) in [6.45, 7) is 6.97. The minimum absolute atomic E-state index is 0.00122. The Hall–Kier alpha value is -2.04. The minimum atomic E-state index is -0.0673. The Labute approximate surface area is 202 Å². The lowest BCUT2D eigenvalue weighted by molar-refractivity contribution is -0.120. The molecule has 0 unspecified atom stereocenters. The fraction of sp³-hybridized carbons (Fsp3) is 0.714. The summed E-state index contributed by atoms with van der Waals surface area (Å²) in [6, 6.07) is 7.46. The maximum atomic E-state index is 12.1. The van der Waals surface area contributed by atoms with Crippen molar-refractivity contribution in [2.24, 2.45) is 5.92 Å². The third-order valence-corrected chi connectivity index (χ3v) is 5.96. The van der Waals surface area contributed by atoms with Gasteiger partial charge in [0.2, 0.25) is 11.8 Å².